The number of nitrogens with zero attached hydrogens (tertiary/aromatic N) is 1. The van der Waals surface area contributed by atoms with Gasteiger partial charge in [0.05, 0.1) is 13.0 Å². The molecule has 2 aliphatic rings. The minimum absolute atomic E-state index is 0.0688. The summed E-state index contributed by atoms with van der Waals surface area (Å²) in [4.78, 5) is 26.7. The van der Waals surface area contributed by atoms with Gasteiger partial charge in [-0.3, -0.25) is 9.69 Å². The summed E-state index contributed by atoms with van der Waals surface area (Å²) in [5, 5.41) is 3.03. The average Bonchev–Trinajstić information content (AvgIpc) is 3.46. The van der Waals surface area contributed by atoms with Gasteiger partial charge >= 0.3 is 5.97 Å². The molecule has 0 spiro atoms. The molecule has 25 heavy (non-hydrogen) atoms. The molecular formula is C19H25FN2O3. The predicted octanol–water partition coefficient (Wildman–Crippen LogP) is 2.28. The molecule has 136 valence electrons. The second-order valence-electron chi connectivity index (χ2n) is 7.00. The van der Waals surface area contributed by atoms with Crippen LogP contribution in [-0.4, -0.2) is 43.5 Å². The van der Waals surface area contributed by atoms with E-state index in [1.807, 2.05) is 4.90 Å². The van der Waals surface area contributed by atoms with Crippen LogP contribution < -0.4 is 5.32 Å². The molecule has 1 aliphatic heterocycles. The highest BCUT2D eigenvalue weighted by Gasteiger charge is 2.35. The first-order chi connectivity index (χ1) is 12.1. The Bertz CT molecular complexity index is 616. The number of nitrogens with one attached hydrogen (secondary N) is 1. The summed E-state index contributed by atoms with van der Waals surface area (Å²) in [7, 11) is 1.35. The Labute approximate surface area is 147 Å². The van der Waals surface area contributed by atoms with Gasteiger partial charge < -0.3 is 10.1 Å². The van der Waals surface area contributed by atoms with Crippen molar-refractivity contribution >= 4 is 11.9 Å². The van der Waals surface area contributed by atoms with Crippen LogP contribution >= 0.6 is 0 Å². The van der Waals surface area contributed by atoms with Crippen LogP contribution in [-0.2, 0) is 14.3 Å². The molecule has 1 amide bonds. The highest BCUT2D eigenvalue weighted by atomic mass is 19.1. The fraction of sp³-hybridized carbons (Fsp3) is 0.579. The van der Waals surface area contributed by atoms with Gasteiger partial charge in [-0.2, -0.15) is 0 Å². The molecular weight excluding hydrogens is 323 g/mol. The minimum Gasteiger partial charge on any atom is -0.468 e. The summed E-state index contributed by atoms with van der Waals surface area (Å²) in [5.41, 5.74) is 0.687. The molecule has 6 heteroatoms. The Morgan fingerprint density at radius 3 is 2.64 bits per heavy atom. The standard InChI is InChI=1S/C19H25FN2O3/c1-25-19(24)17(14-6-8-16(20)9-7-14)22-10-2-3-15(12-22)18(23)21-11-13-4-5-13/h6-9,13,15,17H,2-5,10-12H2,1H3,(H,21,23)/t15-,17-/m0/s1. The van der Waals surface area contributed by atoms with E-state index in [-0.39, 0.29) is 23.6 Å². The average molecular weight is 348 g/mol. The van der Waals surface area contributed by atoms with Crippen LogP contribution in [0.1, 0.15) is 37.3 Å². The van der Waals surface area contributed by atoms with Gasteiger partial charge in [-0.05, 0) is 55.8 Å². The van der Waals surface area contributed by atoms with Gasteiger partial charge in [-0.25, -0.2) is 9.18 Å². The fourth-order valence-corrected chi connectivity index (χ4v) is 3.42. The Kier molecular flexibility index (Phi) is 5.68. The quantitative estimate of drug-likeness (QED) is 0.802. The van der Waals surface area contributed by atoms with Crippen molar-refractivity contribution in [2.45, 2.75) is 31.7 Å². The zero-order chi connectivity index (χ0) is 17.8. The number of hydrogen-bond donors (Lipinski definition) is 1. The van der Waals surface area contributed by atoms with E-state index < -0.39 is 6.04 Å². The van der Waals surface area contributed by atoms with Gasteiger partial charge in [0.2, 0.25) is 5.91 Å². The number of rotatable bonds is 6. The van der Waals surface area contributed by atoms with Crippen LogP contribution in [0.3, 0.4) is 0 Å². The van der Waals surface area contributed by atoms with Crippen LogP contribution in [0.4, 0.5) is 4.39 Å². The molecule has 1 N–H and O–H groups in total. The van der Waals surface area contributed by atoms with E-state index in [2.05, 4.69) is 5.32 Å². The summed E-state index contributed by atoms with van der Waals surface area (Å²) in [6.45, 7) is 1.98. The molecule has 0 aromatic heterocycles. The summed E-state index contributed by atoms with van der Waals surface area (Å²) >= 11 is 0. The van der Waals surface area contributed by atoms with Crippen molar-refractivity contribution in [3.63, 3.8) is 0 Å². The van der Waals surface area contributed by atoms with Gasteiger partial charge in [0.25, 0.3) is 0 Å². The van der Waals surface area contributed by atoms with Crippen molar-refractivity contribution in [2.75, 3.05) is 26.7 Å². The summed E-state index contributed by atoms with van der Waals surface area (Å²) < 4.78 is 18.2. The summed E-state index contributed by atoms with van der Waals surface area (Å²) in [5.74, 6) is -0.140. The Morgan fingerprint density at radius 1 is 1.28 bits per heavy atom. The number of amides is 1. The van der Waals surface area contributed by atoms with Crippen molar-refractivity contribution in [3.8, 4) is 0 Å². The Hall–Kier alpha value is -1.95. The maximum absolute atomic E-state index is 13.2. The molecule has 1 heterocycles. The lowest BCUT2D eigenvalue weighted by atomic mass is 9.94. The zero-order valence-electron chi connectivity index (χ0n) is 14.5. The van der Waals surface area contributed by atoms with E-state index in [0.29, 0.717) is 24.6 Å². The number of hydrogen-bond acceptors (Lipinski definition) is 4. The van der Waals surface area contributed by atoms with Crippen molar-refractivity contribution in [3.05, 3.63) is 35.6 Å². The van der Waals surface area contributed by atoms with Gasteiger partial charge in [-0.1, -0.05) is 12.1 Å². The zero-order valence-corrected chi connectivity index (χ0v) is 14.5. The predicted molar refractivity (Wildman–Crippen MR) is 91.2 cm³/mol. The van der Waals surface area contributed by atoms with E-state index in [0.717, 1.165) is 19.4 Å². The number of benzene rings is 1. The Morgan fingerprint density at radius 2 is 2.00 bits per heavy atom. The molecule has 1 aromatic carbocycles. The van der Waals surface area contributed by atoms with Gasteiger partial charge in [0.15, 0.2) is 0 Å². The highest BCUT2D eigenvalue weighted by molar-refractivity contribution is 5.80. The lowest BCUT2D eigenvalue weighted by molar-refractivity contribution is -0.149. The van der Waals surface area contributed by atoms with Gasteiger partial charge in [0.1, 0.15) is 11.9 Å². The van der Waals surface area contributed by atoms with Crippen LogP contribution in [0.25, 0.3) is 0 Å². The molecule has 1 saturated carbocycles. The van der Waals surface area contributed by atoms with Crippen molar-refractivity contribution < 1.29 is 18.7 Å². The molecule has 3 rings (SSSR count). The normalized spacial score (nSPS) is 22.2. The highest BCUT2D eigenvalue weighted by Crippen LogP contribution is 2.30. The SMILES string of the molecule is COC(=O)[C@H](c1ccc(F)cc1)N1CCC[C@H](C(=O)NCC2CC2)C1. The van der Waals surface area contributed by atoms with Crippen LogP contribution in [0.2, 0.25) is 0 Å². The van der Waals surface area contributed by atoms with Gasteiger partial charge in [-0.15, -0.1) is 0 Å². The molecule has 0 bridgehead atoms. The van der Waals surface area contributed by atoms with E-state index in [4.69, 9.17) is 4.74 Å². The van der Waals surface area contributed by atoms with Gasteiger partial charge in [0, 0.05) is 13.1 Å². The largest absolute Gasteiger partial charge is 0.468 e. The first-order valence-corrected chi connectivity index (χ1v) is 8.93. The molecule has 2 atom stereocenters. The summed E-state index contributed by atoms with van der Waals surface area (Å²) in [6.07, 6.45) is 4.07. The van der Waals surface area contributed by atoms with Crippen molar-refractivity contribution in [1.82, 2.24) is 10.2 Å². The third-order valence-electron chi connectivity index (χ3n) is 5.06. The number of ether oxygens (including phenoxy) is 1. The Balaban J connectivity index is 1.69. The van der Waals surface area contributed by atoms with Crippen LogP contribution in [0.15, 0.2) is 24.3 Å². The third-order valence-corrected chi connectivity index (χ3v) is 5.06. The van der Waals surface area contributed by atoms with Crippen molar-refractivity contribution in [1.29, 1.82) is 0 Å². The number of carbonyl (C=O) groups is 2. The number of methoxy groups -OCH3 is 1. The first kappa shape index (κ1) is 17.9. The lowest BCUT2D eigenvalue weighted by Gasteiger charge is -2.36. The summed E-state index contributed by atoms with van der Waals surface area (Å²) in [6, 6.07) is 5.29. The minimum atomic E-state index is -0.607. The second kappa shape index (κ2) is 7.95. The third kappa shape index (κ3) is 4.57. The second-order valence-corrected chi connectivity index (χ2v) is 7.00. The van der Waals surface area contributed by atoms with Crippen LogP contribution in [0.5, 0.6) is 0 Å². The molecule has 5 nitrogen and oxygen atoms in total. The maximum atomic E-state index is 13.2. The monoisotopic (exact) mass is 348 g/mol. The van der Waals surface area contributed by atoms with E-state index in [1.54, 1.807) is 12.1 Å². The molecule has 1 saturated heterocycles. The van der Waals surface area contributed by atoms with E-state index in [9.17, 15) is 14.0 Å². The molecule has 1 aromatic rings. The first-order valence-electron chi connectivity index (χ1n) is 8.93. The lowest BCUT2D eigenvalue weighted by Crippen LogP contribution is -2.46. The maximum Gasteiger partial charge on any atom is 0.327 e. The van der Waals surface area contributed by atoms with E-state index in [1.165, 1.54) is 32.1 Å². The molecule has 1 aliphatic carbocycles. The number of carbonyl (C=O) groups excluding carboxylic acids is 2. The number of halogens is 1. The van der Waals surface area contributed by atoms with E-state index >= 15 is 0 Å². The van der Waals surface area contributed by atoms with Crippen molar-refractivity contribution in [2.24, 2.45) is 11.8 Å². The number of esters is 1. The smallest absolute Gasteiger partial charge is 0.327 e. The molecule has 0 unspecified atom stereocenters. The van der Waals surface area contributed by atoms with Crippen LogP contribution in [0, 0.1) is 17.7 Å². The number of piperidine rings is 1. The molecule has 2 fully saturated rings. The fourth-order valence-electron chi connectivity index (χ4n) is 3.42. The number of likely N-dealkylation sites (tertiary alicyclic amines) is 1. The topological polar surface area (TPSA) is 58.6 Å². The molecule has 0 radical (unpaired) electrons.